The van der Waals surface area contributed by atoms with Gasteiger partial charge >= 0.3 is 0 Å². The zero-order valence-electron chi connectivity index (χ0n) is 13.2. The minimum Gasteiger partial charge on any atom is -0.497 e. The van der Waals surface area contributed by atoms with Crippen LogP contribution in [0.5, 0.6) is 11.5 Å². The Bertz CT molecular complexity index is 679. The fourth-order valence-electron chi connectivity index (χ4n) is 4.28. The predicted octanol–water partition coefficient (Wildman–Crippen LogP) is 2.41. The third-order valence-electron chi connectivity index (χ3n) is 5.39. The summed E-state index contributed by atoms with van der Waals surface area (Å²) in [6, 6.07) is 5.18. The zero-order chi connectivity index (χ0) is 16.1. The number of benzene rings is 1. The molecule has 1 saturated heterocycles. The Hall–Kier alpha value is -2.30. The van der Waals surface area contributed by atoms with E-state index in [9.17, 15) is 9.59 Å². The van der Waals surface area contributed by atoms with Crippen molar-refractivity contribution in [1.29, 1.82) is 0 Å². The Morgan fingerprint density at radius 3 is 2.04 bits per heavy atom. The summed E-state index contributed by atoms with van der Waals surface area (Å²) in [6.45, 7) is 0. The summed E-state index contributed by atoms with van der Waals surface area (Å²) in [6.07, 6.45) is 6.22. The lowest BCUT2D eigenvalue weighted by Gasteiger charge is -2.38. The van der Waals surface area contributed by atoms with Crippen LogP contribution in [0.3, 0.4) is 0 Å². The van der Waals surface area contributed by atoms with Crippen LogP contribution in [0.2, 0.25) is 0 Å². The Kier molecular flexibility index (Phi) is 3.18. The molecule has 0 N–H and O–H groups in total. The normalized spacial score (nSPS) is 31.5. The van der Waals surface area contributed by atoms with Gasteiger partial charge in [0.25, 0.3) is 0 Å². The van der Waals surface area contributed by atoms with Crippen LogP contribution in [0.25, 0.3) is 0 Å². The topological polar surface area (TPSA) is 55.8 Å². The van der Waals surface area contributed by atoms with Crippen LogP contribution in [0.15, 0.2) is 30.4 Å². The second-order valence-corrected chi connectivity index (χ2v) is 6.39. The molecule has 1 aliphatic heterocycles. The number of imide groups is 1. The second kappa shape index (κ2) is 5.11. The zero-order valence-corrected chi connectivity index (χ0v) is 13.2. The van der Waals surface area contributed by atoms with Crippen LogP contribution in [0, 0.1) is 23.7 Å². The second-order valence-electron chi connectivity index (χ2n) is 6.39. The highest BCUT2D eigenvalue weighted by molar-refractivity contribution is 6.23. The maximum absolute atomic E-state index is 13.0. The molecule has 5 heteroatoms. The molecule has 3 aliphatic carbocycles. The van der Waals surface area contributed by atoms with Crippen molar-refractivity contribution in [3.05, 3.63) is 30.4 Å². The highest BCUT2D eigenvalue weighted by Gasteiger charge is 2.57. The average Bonchev–Trinajstić information content (AvgIpc) is 2.88. The van der Waals surface area contributed by atoms with Gasteiger partial charge in [-0.3, -0.25) is 9.59 Å². The molecule has 1 aromatic rings. The minimum atomic E-state index is -0.220. The van der Waals surface area contributed by atoms with Crippen molar-refractivity contribution >= 4 is 17.5 Å². The van der Waals surface area contributed by atoms with Crippen molar-refractivity contribution in [2.24, 2.45) is 23.7 Å². The first kappa shape index (κ1) is 14.3. The highest BCUT2D eigenvalue weighted by Crippen LogP contribution is 2.51. The van der Waals surface area contributed by atoms with Gasteiger partial charge in [-0.05, 0) is 36.8 Å². The number of methoxy groups -OCH3 is 2. The molecule has 2 amide bonds. The number of nitrogens with zero attached hydrogens (tertiary/aromatic N) is 1. The van der Waals surface area contributed by atoms with Gasteiger partial charge in [-0.2, -0.15) is 0 Å². The van der Waals surface area contributed by atoms with Crippen LogP contribution in [0.4, 0.5) is 5.69 Å². The predicted molar refractivity (Wildman–Crippen MR) is 84.4 cm³/mol. The number of allylic oxidation sites excluding steroid dienone is 2. The van der Waals surface area contributed by atoms with E-state index in [4.69, 9.17) is 9.47 Å². The summed E-state index contributed by atoms with van der Waals surface area (Å²) < 4.78 is 10.6. The summed E-state index contributed by atoms with van der Waals surface area (Å²) in [7, 11) is 3.10. The smallest absolute Gasteiger partial charge is 0.238 e. The van der Waals surface area contributed by atoms with Crippen molar-refractivity contribution < 1.29 is 19.1 Å². The molecule has 0 radical (unpaired) electrons. The molecule has 0 spiro atoms. The Balaban J connectivity index is 1.79. The van der Waals surface area contributed by atoms with Gasteiger partial charge in [-0.25, -0.2) is 4.90 Å². The lowest BCUT2D eigenvalue weighted by atomic mass is 9.63. The van der Waals surface area contributed by atoms with Gasteiger partial charge in [-0.15, -0.1) is 0 Å². The number of amides is 2. The number of rotatable bonds is 3. The monoisotopic (exact) mass is 313 g/mol. The summed E-state index contributed by atoms with van der Waals surface area (Å²) in [4.78, 5) is 27.3. The molecule has 1 saturated carbocycles. The fraction of sp³-hybridized carbons (Fsp3) is 0.444. The summed E-state index contributed by atoms with van der Waals surface area (Å²) in [5, 5.41) is 0. The van der Waals surface area contributed by atoms with Crippen molar-refractivity contribution in [3.63, 3.8) is 0 Å². The van der Waals surface area contributed by atoms with Gasteiger partial charge in [0.05, 0.1) is 31.7 Å². The van der Waals surface area contributed by atoms with Crippen LogP contribution >= 0.6 is 0 Å². The molecule has 4 aliphatic rings. The summed E-state index contributed by atoms with van der Waals surface area (Å²) in [5.41, 5.74) is 0.482. The first-order chi connectivity index (χ1) is 11.2. The largest absolute Gasteiger partial charge is 0.497 e. The van der Waals surface area contributed by atoms with Gasteiger partial charge in [0.2, 0.25) is 11.8 Å². The molecular weight excluding hydrogens is 294 g/mol. The van der Waals surface area contributed by atoms with Gasteiger partial charge in [0.1, 0.15) is 11.5 Å². The first-order valence-electron chi connectivity index (χ1n) is 7.94. The lowest BCUT2D eigenvalue weighted by molar-refractivity contribution is -0.124. The van der Waals surface area contributed by atoms with E-state index in [0.29, 0.717) is 17.2 Å². The molecule has 4 atom stereocenters. The quantitative estimate of drug-likeness (QED) is 0.635. The van der Waals surface area contributed by atoms with E-state index in [1.165, 1.54) is 12.0 Å². The Labute approximate surface area is 134 Å². The molecule has 0 aromatic heterocycles. The maximum atomic E-state index is 13.0. The van der Waals surface area contributed by atoms with Crippen LogP contribution in [-0.2, 0) is 9.59 Å². The van der Waals surface area contributed by atoms with Gasteiger partial charge < -0.3 is 9.47 Å². The van der Waals surface area contributed by atoms with E-state index >= 15 is 0 Å². The van der Waals surface area contributed by atoms with Crippen LogP contribution in [0.1, 0.15) is 12.8 Å². The van der Waals surface area contributed by atoms with Crippen LogP contribution in [-0.4, -0.2) is 26.0 Å². The number of fused-ring (bicyclic) bond motifs is 1. The maximum Gasteiger partial charge on any atom is 0.238 e. The lowest BCUT2D eigenvalue weighted by Crippen LogP contribution is -2.38. The molecule has 5 nitrogen and oxygen atoms in total. The summed E-state index contributed by atoms with van der Waals surface area (Å²) in [5.74, 6) is 0.815. The van der Waals surface area contributed by atoms with E-state index in [1.54, 1.807) is 25.3 Å². The van der Waals surface area contributed by atoms with Gasteiger partial charge in [0, 0.05) is 6.07 Å². The van der Waals surface area contributed by atoms with E-state index in [2.05, 4.69) is 12.2 Å². The van der Waals surface area contributed by atoms with E-state index < -0.39 is 0 Å². The minimum absolute atomic E-state index is 0.106. The molecule has 2 bridgehead atoms. The molecule has 1 aromatic carbocycles. The molecule has 0 unspecified atom stereocenters. The van der Waals surface area contributed by atoms with E-state index in [0.717, 1.165) is 12.8 Å². The Morgan fingerprint density at radius 2 is 1.57 bits per heavy atom. The number of carbonyl (C=O) groups excluding carboxylic acids is 2. The number of ether oxygens (including phenoxy) is 2. The van der Waals surface area contributed by atoms with E-state index in [-0.39, 0.29) is 35.5 Å². The molecule has 5 rings (SSSR count). The SMILES string of the molecule is COc1ccc(OC)c(N2C(=O)[C@@H]3[C@H](C2=O)[C@@H]2C=C[C@@H]3CC2)c1. The van der Waals surface area contributed by atoms with Crippen LogP contribution < -0.4 is 14.4 Å². The number of anilines is 1. The number of hydrogen-bond donors (Lipinski definition) is 0. The van der Waals surface area contributed by atoms with E-state index in [1.807, 2.05) is 0 Å². The van der Waals surface area contributed by atoms with Gasteiger partial charge in [0.15, 0.2) is 0 Å². The molecule has 2 fully saturated rings. The highest BCUT2D eigenvalue weighted by atomic mass is 16.5. The number of hydrogen-bond acceptors (Lipinski definition) is 4. The van der Waals surface area contributed by atoms with Crippen molar-refractivity contribution in [3.8, 4) is 11.5 Å². The van der Waals surface area contributed by atoms with Gasteiger partial charge in [-0.1, -0.05) is 12.2 Å². The Morgan fingerprint density at radius 1 is 0.957 bits per heavy atom. The van der Waals surface area contributed by atoms with Crippen molar-refractivity contribution in [2.45, 2.75) is 12.8 Å². The third-order valence-corrected chi connectivity index (χ3v) is 5.39. The van der Waals surface area contributed by atoms with Crippen molar-refractivity contribution in [1.82, 2.24) is 0 Å². The average molecular weight is 313 g/mol. The standard InChI is InChI=1S/C18H19NO4/c1-22-12-7-8-14(23-2)13(9-12)19-17(20)15-10-3-4-11(6-5-10)16(15)18(19)21/h3-4,7-11,15-16H,5-6H2,1-2H3/t10-,11-,15-,16+/m1/s1. The fourth-order valence-corrected chi connectivity index (χ4v) is 4.28. The van der Waals surface area contributed by atoms with Crippen molar-refractivity contribution in [2.75, 3.05) is 19.1 Å². The summed E-state index contributed by atoms with van der Waals surface area (Å²) >= 11 is 0. The molecule has 120 valence electrons. The number of carbonyl (C=O) groups is 2. The first-order valence-corrected chi connectivity index (χ1v) is 7.94. The molecule has 1 heterocycles. The molecular formula is C18H19NO4. The molecule has 23 heavy (non-hydrogen) atoms. The third kappa shape index (κ3) is 1.92.